The summed E-state index contributed by atoms with van der Waals surface area (Å²) in [6.45, 7) is 6.75. The van der Waals surface area contributed by atoms with Gasteiger partial charge in [0.15, 0.2) is 0 Å². The van der Waals surface area contributed by atoms with E-state index in [4.69, 9.17) is 0 Å². The van der Waals surface area contributed by atoms with Gasteiger partial charge in [-0.05, 0) is 28.5 Å². The van der Waals surface area contributed by atoms with Crippen molar-refractivity contribution < 1.29 is 0 Å². The molecule has 17 heavy (non-hydrogen) atoms. The van der Waals surface area contributed by atoms with Gasteiger partial charge in [-0.25, -0.2) is 0 Å². The zero-order valence-electron chi connectivity index (χ0n) is 10.9. The molecule has 0 bridgehead atoms. The molecule has 0 nitrogen and oxygen atoms in total. The Hall–Kier alpha value is -1.56. The molecule has 0 atom stereocenters. The Morgan fingerprint density at radius 3 is 1.76 bits per heavy atom. The quantitative estimate of drug-likeness (QED) is 0.700. The van der Waals surface area contributed by atoms with Crippen LogP contribution in [0.2, 0.25) is 0 Å². The van der Waals surface area contributed by atoms with E-state index in [1.54, 1.807) is 0 Å². The van der Waals surface area contributed by atoms with Gasteiger partial charge in [-0.1, -0.05) is 75.4 Å². The van der Waals surface area contributed by atoms with E-state index >= 15 is 0 Å². The third-order valence-corrected chi connectivity index (χ3v) is 3.07. The number of rotatable bonds is 2. The fourth-order valence-corrected chi connectivity index (χ4v) is 1.95. The van der Waals surface area contributed by atoms with E-state index in [1.165, 1.54) is 16.7 Å². The minimum Gasteiger partial charge on any atom is -0.0622 e. The highest BCUT2D eigenvalue weighted by Gasteiger charge is 2.12. The predicted molar refractivity (Wildman–Crippen MR) is 74.4 cm³/mol. The van der Waals surface area contributed by atoms with Gasteiger partial charge in [-0.15, -0.1) is 0 Å². The van der Waals surface area contributed by atoms with E-state index in [0.29, 0.717) is 0 Å². The molecule has 0 amide bonds. The predicted octanol–water partition coefficient (Wildman–Crippen LogP) is 4.57. The van der Waals surface area contributed by atoms with Crippen LogP contribution in [0.15, 0.2) is 54.6 Å². The van der Waals surface area contributed by atoms with Crippen LogP contribution in [0.25, 0.3) is 0 Å². The highest BCUT2D eigenvalue weighted by Crippen LogP contribution is 2.22. The maximum absolute atomic E-state index is 2.25. The van der Waals surface area contributed by atoms with E-state index in [0.717, 1.165) is 6.42 Å². The average molecular weight is 224 g/mol. The second-order valence-electron chi connectivity index (χ2n) is 5.61. The minimum absolute atomic E-state index is 0.241. The van der Waals surface area contributed by atoms with Crippen LogP contribution >= 0.6 is 0 Å². The molecular weight excluding hydrogens is 204 g/mol. The van der Waals surface area contributed by atoms with Gasteiger partial charge in [0.2, 0.25) is 0 Å². The lowest BCUT2D eigenvalue weighted by atomic mass is 9.86. The van der Waals surface area contributed by atoms with Crippen LogP contribution in [-0.4, -0.2) is 0 Å². The molecule has 0 heterocycles. The summed E-state index contributed by atoms with van der Waals surface area (Å²) < 4.78 is 0. The lowest BCUT2D eigenvalue weighted by Crippen LogP contribution is -2.10. The molecule has 0 N–H and O–H groups in total. The third kappa shape index (κ3) is 3.20. The van der Waals surface area contributed by atoms with Crippen LogP contribution in [0.5, 0.6) is 0 Å². The maximum Gasteiger partial charge on any atom is -0.00258 e. The zero-order chi connectivity index (χ0) is 12.3. The van der Waals surface area contributed by atoms with Crippen LogP contribution in [0.4, 0.5) is 0 Å². The Morgan fingerprint density at radius 1 is 0.706 bits per heavy atom. The fourth-order valence-electron chi connectivity index (χ4n) is 1.95. The Kier molecular flexibility index (Phi) is 3.33. The lowest BCUT2D eigenvalue weighted by Gasteiger charge is -2.19. The second-order valence-corrected chi connectivity index (χ2v) is 5.61. The zero-order valence-corrected chi connectivity index (χ0v) is 10.9. The van der Waals surface area contributed by atoms with Gasteiger partial charge >= 0.3 is 0 Å². The van der Waals surface area contributed by atoms with Crippen molar-refractivity contribution >= 4 is 0 Å². The molecule has 0 radical (unpaired) electrons. The first-order valence-corrected chi connectivity index (χ1v) is 6.19. The standard InChI is InChI=1S/C17H20/c1-17(2,3)16-11-9-15(10-12-16)13-14-7-5-4-6-8-14/h4-12H,13H2,1-3H3. The Morgan fingerprint density at radius 2 is 1.24 bits per heavy atom. The molecule has 0 aliphatic carbocycles. The van der Waals surface area contributed by atoms with E-state index in [2.05, 4.69) is 75.4 Å². The summed E-state index contributed by atoms with van der Waals surface area (Å²) >= 11 is 0. The van der Waals surface area contributed by atoms with Crippen molar-refractivity contribution in [2.45, 2.75) is 32.6 Å². The van der Waals surface area contributed by atoms with E-state index in [-0.39, 0.29) is 5.41 Å². The summed E-state index contributed by atoms with van der Waals surface area (Å²) in [6, 6.07) is 19.6. The molecule has 2 aromatic carbocycles. The molecule has 0 heteroatoms. The molecule has 0 saturated heterocycles. The average Bonchev–Trinajstić information content (AvgIpc) is 2.30. The summed E-state index contributed by atoms with van der Waals surface area (Å²) in [5.74, 6) is 0. The highest BCUT2D eigenvalue weighted by molar-refractivity contribution is 5.31. The highest BCUT2D eigenvalue weighted by atomic mass is 14.2. The molecule has 0 spiro atoms. The molecule has 2 aromatic rings. The first kappa shape index (κ1) is 11.9. The molecular formula is C17H20. The van der Waals surface area contributed by atoms with E-state index < -0.39 is 0 Å². The summed E-state index contributed by atoms with van der Waals surface area (Å²) in [7, 11) is 0. The van der Waals surface area contributed by atoms with Crippen molar-refractivity contribution in [1.29, 1.82) is 0 Å². The number of hydrogen-bond donors (Lipinski definition) is 0. The van der Waals surface area contributed by atoms with E-state index in [1.807, 2.05) is 0 Å². The topological polar surface area (TPSA) is 0 Å². The molecule has 0 unspecified atom stereocenters. The summed E-state index contributed by atoms with van der Waals surface area (Å²) in [4.78, 5) is 0. The monoisotopic (exact) mass is 224 g/mol. The first-order chi connectivity index (χ1) is 8.05. The number of benzene rings is 2. The smallest absolute Gasteiger partial charge is 0.00258 e. The SMILES string of the molecule is CC(C)(C)c1ccc(Cc2ccccc2)cc1. The van der Waals surface area contributed by atoms with Crippen LogP contribution in [0, 0.1) is 0 Å². The summed E-state index contributed by atoms with van der Waals surface area (Å²) in [5.41, 5.74) is 4.39. The van der Waals surface area contributed by atoms with Crippen molar-refractivity contribution in [2.75, 3.05) is 0 Å². The maximum atomic E-state index is 2.25. The van der Waals surface area contributed by atoms with Gasteiger partial charge < -0.3 is 0 Å². The Labute approximate surface area is 104 Å². The van der Waals surface area contributed by atoms with Gasteiger partial charge in [0.25, 0.3) is 0 Å². The lowest BCUT2D eigenvalue weighted by molar-refractivity contribution is 0.590. The van der Waals surface area contributed by atoms with E-state index in [9.17, 15) is 0 Å². The van der Waals surface area contributed by atoms with Gasteiger partial charge in [-0.3, -0.25) is 0 Å². The molecule has 2 rings (SSSR count). The Balaban J connectivity index is 2.14. The first-order valence-electron chi connectivity index (χ1n) is 6.19. The summed E-state index contributed by atoms with van der Waals surface area (Å²) in [6.07, 6.45) is 1.02. The molecule has 0 aromatic heterocycles. The Bertz CT molecular complexity index is 458. The molecule has 0 aliphatic heterocycles. The molecule has 0 saturated carbocycles. The van der Waals surface area contributed by atoms with Gasteiger partial charge in [0.1, 0.15) is 0 Å². The normalized spacial score (nSPS) is 11.5. The fraction of sp³-hybridized carbons (Fsp3) is 0.294. The van der Waals surface area contributed by atoms with Crippen molar-refractivity contribution in [3.63, 3.8) is 0 Å². The molecule has 0 aliphatic rings. The van der Waals surface area contributed by atoms with Crippen molar-refractivity contribution in [2.24, 2.45) is 0 Å². The third-order valence-electron chi connectivity index (χ3n) is 3.07. The number of hydrogen-bond acceptors (Lipinski definition) is 0. The summed E-state index contributed by atoms with van der Waals surface area (Å²) in [5, 5.41) is 0. The van der Waals surface area contributed by atoms with Crippen LogP contribution in [0.3, 0.4) is 0 Å². The van der Waals surface area contributed by atoms with Gasteiger partial charge in [0, 0.05) is 0 Å². The minimum atomic E-state index is 0.241. The van der Waals surface area contributed by atoms with Crippen LogP contribution in [-0.2, 0) is 11.8 Å². The molecule has 88 valence electrons. The van der Waals surface area contributed by atoms with Crippen molar-refractivity contribution in [3.8, 4) is 0 Å². The van der Waals surface area contributed by atoms with Gasteiger partial charge in [0.05, 0.1) is 0 Å². The van der Waals surface area contributed by atoms with Crippen molar-refractivity contribution in [3.05, 3.63) is 71.3 Å². The molecule has 0 fully saturated rings. The van der Waals surface area contributed by atoms with Crippen molar-refractivity contribution in [1.82, 2.24) is 0 Å². The largest absolute Gasteiger partial charge is 0.0622 e. The second kappa shape index (κ2) is 4.75. The van der Waals surface area contributed by atoms with Crippen LogP contribution < -0.4 is 0 Å². The van der Waals surface area contributed by atoms with Gasteiger partial charge in [-0.2, -0.15) is 0 Å². The van der Waals surface area contributed by atoms with Crippen LogP contribution in [0.1, 0.15) is 37.5 Å².